The maximum atomic E-state index is 13.2. The molecule has 2 aromatic heterocycles. The van der Waals surface area contributed by atoms with Gasteiger partial charge in [0.05, 0.1) is 18.2 Å². The molecule has 0 radical (unpaired) electrons. The summed E-state index contributed by atoms with van der Waals surface area (Å²) in [7, 11) is 0. The summed E-state index contributed by atoms with van der Waals surface area (Å²) in [6.45, 7) is 4.20. The molecule has 25 heavy (non-hydrogen) atoms. The van der Waals surface area contributed by atoms with E-state index >= 15 is 0 Å². The Balaban J connectivity index is 1.69. The number of nitrogens with zero attached hydrogens (tertiary/aromatic N) is 4. The average Bonchev–Trinajstić information content (AvgIpc) is 3.32. The Morgan fingerprint density at radius 2 is 2.20 bits per heavy atom. The zero-order valence-corrected chi connectivity index (χ0v) is 14.5. The number of hydrogen-bond acceptors (Lipinski definition) is 5. The van der Waals surface area contributed by atoms with Gasteiger partial charge in [-0.05, 0) is 38.7 Å². The first-order valence-electron chi connectivity index (χ1n) is 8.90. The quantitative estimate of drug-likeness (QED) is 0.795. The lowest BCUT2D eigenvalue weighted by Gasteiger charge is -2.34. The summed E-state index contributed by atoms with van der Waals surface area (Å²) in [5.41, 5.74) is 0.468. The predicted molar refractivity (Wildman–Crippen MR) is 89.9 cm³/mol. The highest BCUT2D eigenvalue weighted by Crippen LogP contribution is 2.52. The summed E-state index contributed by atoms with van der Waals surface area (Å²) in [6, 6.07) is 1.75. The van der Waals surface area contributed by atoms with E-state index in [1.165, 1.54) is 0 Å². The largest absolute Gasteiger partial charge is 0.466 e. The summed E-state index contributed by atoms with van der Waals surface area (Å²) in [6.07, 6.45) is 8.14. The Hall–Kier alpha value is -2.44. The topological polar surface area (TPSA) is 76.8 Å². The molecule has 2 aliphatic heterocycles. The van der Waals surface area contributed by atoms with Gasteiger partial charge in [0.25, 0.3) is 5.91 Å². The molecule has 132 valence electrons. The fourth-order valence-electron chi connectivity index (χ4n) is 4.63. The number of carbonyl (C=O) groups is 2. The van der Waals surface area contributed by atoms with E-state index in [4.69, 9.17) is 4.74 Å². The normalized spacial score (nSPS) is 27.8. The molecule has 1 amide bonds. The van der Waals surface area contributed by atoms with Crippen molar-refractivity contribution < 1.29 is 14.3 Å². The predicted octanol–water partition coefficient (Wildman–Crippen LogP) is 2.07. The molecule has 2 fully saturated rings. The van der Waals surface area contributed by atoms with Gasteiger partial charge in [0, 0.05) is 24.5 Å². The standard InChI is InChI=1S/C18H22N4O3/c1-3-18(17(24)25-4-2)10-12-6-7-14(18)22(12)16(23)13-11-20-21-9-5-8-19-15(13)21/h5,8-9,11-12,14H,3-4,6-7,10H2,1-2H3/t12-,14+,18+/m1/s1. The molecule has 2 saturated heterocycles. The molecule has 4 heterocycles. The summed E-state index contributed by atoms with van der Waals surface area (Å²) < 4.78 is 6.96. The molecule has 0 aliphatic carbocycles. The molecule has 7 nitrogen and oxygen atoms in total. The number of ether oxygens (including phenoxy) is 1. The van der Waals surface area contributed by atoms with Crippen LogP contribution in [0.5, 0.6) is 0 Å². The Morgan fingerprint density at radius 3 is 2.96 bits per heavy atom. The molecule has 3 atom stereocenters. The van der Waals surface area contributed by atoms with E-state index in [0.717, 1.165) is 12.8 Å². The van der Waals surface area contributed by atoms with Crippen LogP contribution in [0.1, 0.15) is 49.9 Å². The smallest absolute Gasteiger partial charge is 0.314 e. The van der Waals surface area contributed by atoms with Crippen LogP contribution in [0.3, 0.4) is 0 Å². The van der Waals surface area contributed by atoms with Crippen LogP contribution >= 0.6 is 0 Å². The van der Waals surface area contributed by atoms with Gasteiger partial charge in [0.15, 0.2) is 5.65 Å². The van der Waals surface area contributed by atoms with Crippen LogP contribution in [0.15, 0.2) is 24.7 Å². The first kappa shape index (κ1) is 16.1. The number of rotatable bonds is 4. The van der Waals surface area contributed by atoms with Crippen LogP contribution in [-0.4, -0.2) is 50.1 Å². The molecule has 0 aromatic carbocycles. The van der Waals surface area contributed by atoms with E-state index in [9.17, 15) is 9.59 Å². The molecular formula is C18H22N4O3. The minimum absolute atomic E-state index is 0.0826. The Kier molecular flexibility index (Phi) is 3.74. The molecule has 4 rings (SSSR count). The zero-order chi connectivity index (χ0) is 17.6. The van der Waals surface area contributed by atoms with Gasteiger partial charge in [-0.3, -0.25) is 9.59 Å². The van der Waals surface area contributed by atoms with E-state index in [1.54, 1.807) is 29.2 Å². The van der Waals surface area contributed by atoms with Crippen LogP contribution < -0.4 is 0 Å². The van der Waals surface area contributed by atoms with E-state index in [1.807, 2.05) is 18.7 Å². The first-order valence-corrected chi connectivity index (χ1v) is 8.90. The molecule has 2 bridgehead atoms. The van der Waals surface area contributed by atoms with E-state index in [-0.39, 0.29) is 24.0 Å². The lowest BCUT2D eigenvalue weighted by molar-refractivity contribution is -0.157. The number of esters is 1. The second-order valence-electron chi connectivity index (χ2n) is 6.84. The second kappa shape index (κ2) is 5.82. The minimum atomic E-state index is -0.578. The Labute approximate surface area is 146 Å². The van der Waals surface area contributed by atoms with Gasteiger partial charge in [-0.1, -0.05) is 6.92 Å². The fourth-order valence-corrected chi connectivity index (χ4v) is 4.63. The number of hydrogen-bond donors (Lipinski definition) is 0. The summed E-state index contributed by atoms with van der Waals surface area (Å²) in [5.74, 6) is -0.249. The third kappa shape index (κ3) is 2.18. The number of amides is 1. The van der Waals surface area contributed by atoms with Crippen LogP contribution in [0.2, 0.25) is 0 Å². The molecule has 0 saturated carbocycles. The van der Waals surface area contributed by atoms with Gasteiger partial charge in [-0.15, -0.1) is 0 Å². The lowest BCUT2D eigenvalue weighted by Crippen LogP contribution is -2.45. The third-order valence-corrected chi connectivity index (χ3v) is 5.80. The Bertz CT molecular complexity index is 833. The molecule has 2 aromatic rings. The van der Waals surface area contributed by atoms with Crippen molar-refractivity contribution in [1.82, 2.24) is 19.5 Å². The average molecular weight is 342 g/mol. The monoisotopic (exact) mass is 342 g/mol. The summed E-state index contributed by atoms with van der Waals surface area (Å²) in [5, 5.41) is 4.22. The number of fused-ring (bicyclic) bond motifs is 3. The van der Waals surface area contributed by atoms with Crippen LogP contribution in [0, 0.1) is 5.41 Å². The van der Waals surface area contributed by atoms with Crippen molar-refractivity contribution in [1.29, 1.82) is 0 Å². The van der Waals surface area contributed by atoms with E-state index in [0.29, 0.717) is 30.7 Å². The molecule has 7 heteroatoms. The van der Waals surface area contributed by atoms with Gasteiger partial charge < -0.3 is 9.64 Å². The van der Waals surface area contributed by atoms with Crippen molar-refractivity contribution in [3.8, 4) is 0 Å². The zero-order valence-electron chi connectivity index (χ0n) is 14.5. The maximum absolute atomic E-state index is 13.2. The van der Waals surface area contributed by atoms with Crippen molar-refractivity contribution >= 4 is 17.5 Å². The number of carbonyl (C=O) groups excluding carboxylic acids is 2. The van der Waals surface area contributed by atoms with E-state index in [2.05, 4.69) is 10.1 Å². The molecule has 0 spiro atoms. The van der Waals surface area contributed by atoms with Crippen LogP contribution in [-0.2, 0) is 9.53 Å². The third-order valence-electron chi connectivity index (χ3n) is 5.80. The van der Waals surface area contributed by atoms with Crippen LogP contribution in [0.4, 0.5) is 0 Å². The number of aromatic nitrogens is 3. The fraction of sp³-hybridized carbons (Fsp3) is 0.556. The maximum Gasteiger partial charge on any atom is 0.314 e. The second-order valence-corrected chi connectivity index (χ2v) is 6.84. The highest BCUT2D eigenvalue weighted by atomic mass is 16.5. The van der Waals surface area contributed by atoms with Crippen molar-refractivity contribution in [2.45, 2.75) is 51.6 Å². The summed E-state index contributed by atoms with van der Waals surface area (Å²) >= 11 is 0. The highest BCUT2D eigenvalue weighted by Gasteiger charge is 2.61. The van der Waals surface area contributed by atoms with E-state index < -0.39 is 5.41 Å². The Morgan fingerprint density at radius 1 is 1.36 bits per heavy atom. The van der Waals surface area contributed by atoms with Gasteiger partial charge in [-0.2, -0.15) is 5.10 Å². The molecule has 0 N–H and O–H groups in total. The van der Waals surface area contributed by atoms with Crippen molar-refractivity contribution in [2.24, 2.45) is 5.41 Å². The first-order chi connectivity index (χ1) is 12.1. The van der Waals surface area contributed by atoms with Gasteiger partial charge >= 0.3 is 5.97 Å². The van der Waals surface area contributed by atoms with Crippen molar-refractivity contribution in [3.63, 3.8) is 0 Å². The van der Waals surface area contributed by atoms with Crippen molar-refractivity contribution in [2.75, 3.05) is 6.61 Å². The molecule has 2 aliphatic rings. The van der Waals surface area contributed by atoms with Gasteiger partial charge in [-0.25, -0.2) is 9.50 Å². The van der Waals surface area contributed by atoms with Crippen LogP contribution in [0.25, 0.3) is 5.65 Å². The highest BCUT2D eigenvalue weighted by molar-refractivity contribution is 6.01. The van der Waals surface area contributed by atoms with Gasteiger partial charge in [0.2, 0.25) is 0 Å². The minimum Gasteiger partial charge on any atom is -0.466 e. The van der Waals surface area contributed by atoms with Gasteiger partial charge in [0.1, 0.15) is 5.56 Å². The molecule has 0 unspecified atom stereocenters. The SMILES string of the molecule is CCOC(=O)[C@@]1(CC)C[C@H]2CC[C@@H]1N2C(=O)c1cnn2cccnc12. The molecular weight excluding hydrogens is 320 g/mol. The van der Waals surface area contributed by atoms with Crippen molar-refractivity contribution in [3.05, 3.63) is 30.2 Å². The summed E-state index contributed by atoms with van der Waals surface area (Å²) in [4.78, 5) is 32.1. The lowest BCUT2D eigenvalue weighted by atomic mass is 9.72.